The molecule has 1 N–H and O–H groups in total. The van der Waals surface area contributed by atoms with Gasteiger partial charge in [0, 0.05) is 17.2 Å². The van der Waals surface area contributed by atoms with Crippen molar-refractivity contribution in [2.75, 3.05) is 0 Å². The lowest BCUT2D eigenvalue weighted by atomic mass is 9.85. The second kappa shape index (κ2) is 5.05. The third-order valence-corrected chi connectivity index (χ3v) is 4.12. The van der Waals surface area contributed by atoms with Crippen molar-refractivity contribution in [2.45, 2.75) is 31.9 Å². The fourth-order valence-corrected chi connectivity index (χ4v) is 2.10. The molecular weight excluding hydrogens is 301 g/mol. The largest absolute Gasteiger partial charge is 0.417 e. The van der Waals surface area contributed by atoms with Gasteiger partial charge in [0.1, 0.15) is 5.84 Å². The first kappa shape index (κ1) is 15.9. The molecule has 2 nitrogen and oxygen atoms in total. The van der Waals surface area contributed by atoms with E-state index in [1.54, 1.807) is 12.1 Å². The van der Waals surface area contributed by atoms with E-state index in [0.29, 0.717) is 0 Å². The van der Waals surface area contributed by atoms with Gasteiger partial charge in [0.05, 0.1) is 5.56 Å². The summed E-state index contributed by atoms with van der Waals surface area (Å²) in [6.07, 6.45) is -1.26. The highest BCUT2D eigenvalue weighted by atomic mass is 35.5. The molecule has 1 aliphatic rings. The maximum Gasteiger partial charge on any atom is 0.417 e. The van der Waals surface area contributed by atoms with Crippen LogP contribution in [0.4, 0.5) is 13.2 Å². The lowest BCUT2D eigenvalue weighted by Crippen LogP contribution is -2.40. The topological polar surface area (TPSA) is 24.4 Å². The molecule has 1 aromatic rings. The van der Waals surface area contributed by atoms with Crippen LogP contribution in [-0.2, 0) is 6.18 Å². The van der Waals surface area contributed by atoms with Crippen LogP contribution in [0.5, 0.6) is 0 Å². The number of benzene rings is 1. The zero-order valence-electron chi connectivity index (χ0n) is 11.9. The molecule has 2 rings (SSSR count). The number of amidine groups is 1. The van der Waals surface area contributed by atoms with E-state index in [1.807, 2.05) is 20.8 Å². The standard InChI is InChI=1S/C15H16ClF3N2/c1-13(2,3)14(16)8-9-20-12(21-14)10-6-4-5-7-11(10)15(17,18)19/h4-9H,1-3H3,(H,20,21). The molecule has 0 aliphatic carbocycles. The van der Waals surface area contributed by atoms with E-state index >= 15 is 0 Å². The Bertz CT molecular complexity index is 600. The number of nitrogens with zero attached hydrogens (tertiary/aromatic N) is 1. The molecule has 0 saturated carbocycles. The minimum atomic E-state index is -4.45. The van der Waals surface area contributed by atoms with Gasteiger partial charge >= 0.3 is 6.18 Å². The van der Waals surface area contributed by atoms with Crippen LogP contribution in [0.15, 0.2) is 41.5 Å². The quantitative estimate of drug-likeness (QED) is 0.596. The predicted molar refractivity (Wildman–Crippen MR) is 78.3 cm³/mol. The highest BCUT2D eigenvalue weighted by Crippen LogP contribution is 2.41. The average Bonchev–Trinajstić information content (AvgIpc) is 2.36. The zero-order chi connectivity index (χ0) is 15.9. The van der Waals surface area contributed by atoms with Gasteiger partial charge in [0.15, 0.2) is 5.00 Å². The van der Waals surface area contributed by atoms with Crippen molar-refractivity contribution in [3.05, 3.63) is 47.7 Å². The number of hydrogen-bond acceptors (Lipinski definition) is 2. The Morgan fingerprint density at radius 3 is 2.33 bits per heavy atom. The first-order valence-electron chi connectivity index (χ1n) is 6.44. The van der Waals surface area contributed by atoms with Gasteiger partial charge in [-0.05, 0) is 12.1 Å². The summed E-state index contributed by atoms with van der Waals surface area (Å²) in [5.41, 5.74) is -1.19. The van der Waals surface area contributed by atoms with Crippen molar-refractivity contribution >= 4 is 17.4 Å². The highest BCUT2D eigenvalue weighted by molar-refractivity contribution is 6.27. The molecule has 114 valence electrons. The van der Waals surface area contributed by atoms with Crippen LogP contribution in [0.3, 0.4) is 0 Å². The molecule has 1 heterocycles. The fraction of sp³-hybridized carbons (Fsp3) is 0.400. The van der Waals surface area contributed by atoms with Crippen LogP contribution >= 0.6 is 11.6 Å². The Morgan fingerprint density at radius 1 is 1.14 bits per heavy atom. The van der Waals surface area contributed by atoms with Crippen LogP contribution in [0, 0.1) is 5.41 Å². The third-order valence-electron chi connectivity index (χ3n) is 3.34. The van der Waals surface area contributed by atoms with Crippen LogP contribution in [-0.4, -0.2) is 10.8 Å². The number of rotatable bonds is 1. The normalized spacial score (nSPS) is 22.7. The summed E-state index contributed by atoms with van der Waals surface area (Å²) in [4.78, 5) is 3.22. The molecular formula is C15H16ClF3N2. The summed E-state index contributed by atoms with van der Waals surface area (Å²) in [6, 6.07) is 5.31. The van der Waals surface area contributed by atoms with E-state index in [1.165, 1.54) is 18.3 Å². The summed E-state index contributed by atoms with van der Waals surface area (Å²) in [6.45, 7) is 5.64. The molecule has 1 aliphatic heterocycles. The van der Waals surface area contributed by atoms with Crippen molar-refractivity contribution < 1.29 is 13.2 Å². The lowest BCUT2D eigenvalue weighted by molar-refractivity contribution is -0.137. The Balaban J connectivity index is 2.54. The zero-order valence-corrected chi connectivity index (χ0v) is 12.7. The molecule has 0 radical (unpaired) electrons. The summed E-state index contributed by atoms with van der Waals surface area (Å²) in [7, 11) is 0. The molecule has 1 atom stereocenters. The SMILES string of the molecule is CC(C)(C)C1(Cl)C=CNC(c2ccccc2C(F)(F)F)=N1. The molecule has 0 saturated heterocycles. The molecule has 0 bridgehead atoms. The van der Waals surface area contributed by atoms with Crippen molar-refractivity contribution in [3.63, 3.8) is 0 Å². The van der Waals surface area contributed by atoms with Crippen LogP contribution in [0.25, 0.3) is 0 Å². The fourth-order valence-electron chi connectivity index (χ4n) is 1.96. The lowest BCUT2D eigenvalue weighted by Gasteiger charge is -2.36. The van der Waals surface area contributed by atoms with E-state index in [2.05, 4.69) is 10.3 Å². The Hall–Kier alpha value is -1.49. The van der Waals surface area contributed by atoms with Gasteiger partial charge < -0.3 is 5.32 Å². The summed E-state index contributed by atoms with van der Waals surface area (Å²) >= 11 is 6.47. The van der Waals surface area contributed by atoms with Gasteiger partial charge in [-0.2, -0.15) is 13.2 Å². The van der Waals surface area contributed by atoms with Gasteiger partial charge in [0.2, 0.25) is 0 Å². The highest BCUT2D eigenvalue weighted by Gasteiger charge is 2.41. The van der Waals surface area contributed by atoms with E-state index in [4.69, 9.17) is 11.6 Å². The average molecular weight is 317 g/mol. The second-order valence-corrected chi connectivity index (χ2v) is 6.48. The summed E-state index contributed by atoms with van der Waals surface area (Å²) < 4.78 is 39.3. The van der Waals surface area contributed by atoms with E-state index < -0.39 is 22.2 Å². The second-order valence-electron chi connectivity index (χ2n) is 5.90. The first-order chi connectivity index (χ1) is 9.55. The molecule has 1 unspecified atom stereocenters. The molecule has 1 aromatic carbocycles. The molecule has 21 heavy (non-hydrogen) atoms. The minimum absolute atomic E-state index is 0.0105. The monoisotopic (exact) mass is 316 g/mol. The van der Waals surface area contributed by atoms with Gasteiger partial charge in [-0.3, -0.25) is 0 Å². The van der Waals surface area contributed by atoms with E-state index in [9.17, 15) is 13.2 Å². The number of nitrogens with one attached hydrogen (secondary N) is 1. The van der Waals surface area contributed by atoms with Crippen molar-refractivity contribution in [1.82, 2.24) is 5.32 Å². The summed E-state index contributed by atoms with van der Waals surface area (Å²) in [5, 5.41) is 2.76. The Kier molecular flexibility index (Phi) is 3.82. The van der Waals surface area contributed by atoms with Crippen LogP contribution in [0.2, 0.25) is 0 Å². The third kappa shape index (κ3) is 3.07. The molecule has 0 fully saturated rings. The Labute approximate surface area is 126 Å². The summed E-state index contributed by atoms with van der Waals surface area (Å²) in [5.74, 6) is 0.121. The molecule has 0 aromatic heterocycles. The minimum Gasteiger partial charge on any atom is -0.347 e. The van der Waals surface area contributed by atoms with Crippen molar-refractivity contribution in [3.8, 4) is 0 Å². The van der Waals surface area contributed by atoms with Crippen LogP contribution < -0.4 is 5.32 Å². The van der Waals surface area contributed by atoms with Gasteiger partial charge in [-0.1, -0.05) is 50.6 Å². The van der Waals surface area contributed by atoms with Crippen LogP contribution in [0.1, 0.15) is 31.9 Å². The number of aliphatic imine (C=N–C) groups is 1. The number of alkyl halides is 4. The first-order valence-corrected chi connectivity index (χ1v) is 6.82. The van der Waals surface area contributed by atoms with E-state index in [0.717, 1.165) is 6.07 Å². The smallest absolute Gasteiger partial charge is 0.347 e. The van der Waals surface area contributed by atoms with E-state index in [-0.39, 0.29) is 11.4 Å². The van der Waals surface area contributed by atoms with Gasteiger partial charge in [0.25, 0.3) is 0 Å². The number of halogens is 4. The molecule has 0 spiro atoms. The maximum atomic E-state index is 13.1. The predicted octanol–water partition coefficient (Wildman–Crippen LogP) is 4.55. The van der Waals surface area contributed by atoms with Crippen molar-refractivity contribution in [2.24, 2.45) is 10.4 Å². The Morgan fingerprint density at radius 2 is 1.76 bits per heavy atom. The number of hydrogen-bond donors (Lipinski definition) is 1. The molecule has 6 heteroatoms. The van der Waals surface area contributed by atoms with Crippen molar-refractivity contribution in [1.29, 1.82) is 0 Å². The van der Waals surface area contributed by atoms with Gasteiger partial charge in [-0.15, -0.1) is 0 Å². The maximum absolute atomic E-state index is 13.1. The molecule has 0 amide bonds. The van der Waals surface area contributed by atoms with Gasteiger partial charge in [-0.25, -0.2) is 4.99 Å².